The van der Waals surface area contributed by atoms with Gasteiger partial charge in [-0.1, -0.05) is 23.7 Å². The Kier molecular flexibility index (Phi) is 6.51. The zero-order valence-electron chi connectivity index (χ0n) is 16.2. The van der Waals surface area contributed by atoms with Gasteiger partial charge in [0.1, 0.15) is 0 Å². The molecule has 1 fully saturated rings. The van der Waals surface area contributed by atoms with Crippen molar-refractivity contribution in [1.82, 2.24) is 20.4 Å². The van der Waals surface area contributed by atoms with Crippen molar-refractivity contribution in [1.29, 1.82) is 0 Å². The number of carbonyl (C=O) groups is 1. The van der Waals surface area contributed by atoms with E-state index in [9.17, 15) is 4.79 Å². The second kappa shape index (κ2) is 9.05. The zero-order valence-corrected chi connectivity index (χ0v) is 16.9. The number of hydrogen-bond acceptors (Lipinski definition) is 6. The van der Waals surface area contributed by atoms with E-state index in [1.807, 2.05) is 19.1 Å². The van der Waals surface area contributed by atoms with Crippen LogP contribution in [0.3, 0.4) is 0 Å². The molecule has 150 valence electrons. The summed E-state index contributed by atoms with van der Waals surface area (Å²) in [4.78, 5) is 22.7. The first-order valence-electron chi connectivity index (χ1n) is 9.13. The van der Waals surface area contributed by atoms with E-state index in [2.05, 4.69) is 25.3 Å². The molecule has 1 saturated heterocycles. The van der Waals surface area contributed by atoms with Crippen molar-refractivity contribution in [3.63, 3.8) is 0 Å². The lowest BCUT2D eigenvalue weighted by Gasteiger charge is -2.21. The highest BCUT2D eigenvalue weighted by atomic mass is 35.5. The Balaban J connectivity index is 1.53. The number of likely N-dealkylation sites (tertiary alicyclic amines) is 1. The minimum Gasteiger partial charge on any atom is -0.469 e. The number of guanidine groups is 1. The third-order valence-corrected chi connectivity index (χ3v) is 5.07. The Labute approximate surface area is 168 Å². The maximum absolute atomic E-state index is 11.9. The Morgan fingerprint density at radius 1 is 1.39 bits per heavy atom. The van der Waals surface area contributed by atoms with E-state index in [1.54, 1.807) is 19.2 Å². The number of halogens is 1. The van der Waals surface area contributed by atoms with Crippen LogP contribution in [0.5, 0.6) is 0 Å². The fourth-order valence-corrected chi connectivity index (χ4v) is 3.41. The molecule has 2 atom stereocenters. The van der Waals surface area contributed by atoms with Crippen LogP contribution in [-0.4, -0.2) is 60.8 Å². The summed E-state index contributed by atoms with van der Waals surface area (Å²) in [5.41, 5.74) is 0.850. The Morgan fingerprint density at radius 3 is 2.82 bits per heavy atom. The predicted molar refractivity (Wildman–Crippen MR) is 106 cm³/mol. The molecule has 0 saturated carbocycles. The van der Waals surface area contributed by atoms with Crippen molar-refractivity contribution < 1.29 is 14.1 Å². The monoisotopic (exact) mass is 405 g/mol. The van der Waals surface area contributed by atoms with E-state index in [-0.39, 0.29) is 17.8 Å². The number of methoxy groups -OCH3 is 1. The minimum atomic E-state index is -0.175. The predicted octanol–water partition coefficient (Wildman–Crippen LogP) is 2.25. The highest BCUT2D eigenvalue weighted by Gasteiger charge is 2.36. The molecule has 2 aromatic rings. The Bertz CT molecular complexity index is 836. The molecule has 0 bridgehead atoms. The van der Waals surface area contributed by atoms with Gasteiger partial charge >= 0.3 is 5.97 Å². The van der Waals surface area contributed by atoms with Gasteiger partial charge in [-0.2, -0.15) is 4.98 Å². The third kappa shape index (κ3) is 4.62. The molecule has 0 aliphatic carbocycles. The number of nitrogens with one attached hydrogen (secondary N) is 1. The normalized spacial score (nSPS) is 19.7. The van der Waals surface area contributed by atoms with Crippen LogP contribution in [-0.2, 0) is 16.0 Å². The first-order valence-corrected chi connectivity index (χ1v) is 9.51. The van der Waals surface area contributed by atoms with Crippen LogP contribution in [0.25, 0.3) is 11.4 Å². The number of nitrogens with zero attached hydrogens (tertiary/aromatic N) is 4. The Hall–Kier alpha value is -2.61. The molecule has 0 spiro atoms. The fourth-order valence-electron chi connectivity index (χ4n) is 3.28. The van der Waals surface area contributed by atoms with E-state index in [0.29, 0.717) is 36.2 Å². The molecule has 2 unspecified atom stereocenters. The van der Waals surface area contributed by atoms with Gasteiger partial charge in [-0.05, 0) is 30.2 Å². The second-order valence-electron chi connectivity index (χ2n) is 6.75. The number of hydrogen-bond donors (Lipinski definition) is 1. The van der Waals surface area contributed by atoms with Crippen LogP contribution >= 0.6 is 11.6 Å². The van der Waals surface area contributed by atoms with Gasteiger partial charge in [0.2, 0.25) is 11.7 Å². The van der Waals surface area contributed by atoms with Crippen molar-refractivity contribution in [2.24, 2.45) is 16.8 Å². The summed E-state index contributed by atoms with van der Waals surface area (Å²) in [6, 6.07) is 7.28. The molecule has 1 aromatic heterocycles. The molecule has 1 aromatic carbocycles. The number of aliphatic imine (C=N–C) groups is 1. The van der Waals surface area contributed by atoms with Gasteiger partial charge in [-0.3, -0.25) is 9.79 Å². The lowest BCUT2D eigenvalue weighted by Crippen LogP contribution is -2.41. The summed E-state index contributed by atoms with van der Waals surface area (Å²) in [7, 11) is 3.15. The van der Waals surface area contributed by atoms with Crippen LogP contribution in [0.2, 0.25) is 5.02 Å². The maximum atomic E-state index is 11.9. The summed E-state index contributed by atoms with van der Waals surface area (Å²) < 4.78 is 10.2. The van der Waals surface area contributed by atoms with E-state index in [0.717, 1.165) is 18.1 Å². The molecule has 1 N–H and O–H groups in total. The van der Waals surface area contributed by atoms with Gasteiger partial charge in [-0.15, -0.1) is 0 Å². The van der Waals surface area contributed by atoms with Gasteiger partial charge in [0.25, 0.3) is 0 Å². The van der Waals surface area contributed by atoms with Gasteiger partial charge in [0, 0.05) is 43.7 Å². The van der Waals surface area contributed by atoms with Gasteiger partial charge in [-0.25, -0.2) is 0 Å². The summed E-state index contributed by atoms with van der Waals surface area (Å²) in [6.45, 7) is 3.98. The SMILES string of the molecule is CN=C(NCCc1nc(-c2ccc(Cl)cc2)no1)N1CC(C)C(C(=O)OC)C1. The van der Waals surface area contributed by atoms with Crippen molar-refractivity contribution >= 4 is 23.5 Å². The number of ether oxygens (including phenoxy) is 1. The summed E-state index contributed by atoms with van der Waals surface area (Å²) in [6.07, 6.45) is 0.559. The van der Waals surface area contributed by atoms with Crippen molar-refractivity contribution in [2.75, 3.05) is 33.8 Å². The average molecular weight is 406 g/mol. The minimum absolute atomic E-state index is 0.138. The smallest absolute Gasteiger partial charge is 0.310 e. The highest BCUT2D eigenvalue weighted by Crippen LogP contribution is 2.24. The topological polar surface area (TPSA) is 92.9 Å². The van der Waals surface area contributed by atoms with Crippen LogP contribution < -0.4 is 5.32 Å². The average Bonchev–Trinajstić information content (AvgIpc) is 3.32. The van der Waals surface area contributed by atoms with Crippen LogP contribution in [0.1, 0.15) is 12.8 Å². The molecular formula is C19H24ClN5O3. The first-order chi connectivity index (χ1) is 13.5. The van der Waals surface area contributed by atoms with Crippen LogP contribution in [0, 0.1) is 11.8 Å². The number of rotatable bonds is 5. The van der Waals surface area contributed by atoms with Crippen molar-refractivity contribution in [3.05, 3.63) is 35.2 Å². The molecule has 28 heavy (non-hydrogen) atoms. The maximum Gasteiger partial charge on any atom is 0.310 e. The molecule has 8 nitrogen and oxygen atoms in total. The molecule has 1 aliphatic heterocycles. The van der Waals surface area contributed by atoms with E-state index in [1.165, 1.54) is 7.11 Å². The second-order valence-corrected chi connectivity index (χ2v) is 7.19. The van der Waals surface area contributed by atoms with Crippen LogP contribution in [0.4, 0.5) is 0 Å². The molecule has 9 heteroatoms. The Morgan fingerprint density at radius 2 is 2.14 bits per heavy atom. The molecule has 0 amide bonds. The summed E-state index contributed by atoms with van der Waals surface area (Å²) >= 11 is 5.90. The van der Waals surface area contributed by atoms with E-state index in [4.69, 9.17) is 20.9 Å². The standard InChI is InChI=1S/C19H24ClN5O3/c1-12-10-25(11-15(12)18(26)27-3)19(21-2)22-9-8-16-23-17(24-28-16)13-4-6-14(20)7-5-13/h4-7,12,15H,8-11H2,1-3H3,(H,21,22). The number of aromatic nitrogens is 2. The summed E-state index contributed by atoms with van der Waals surface area (Å²) in [5, 5.41) is 7.96. The van der Waals surface area contributed by atoms with Crippen molar-refractivity contribution in [3.8, 4) is 11.4 Å². The molecule has 2 heterocycles. The lowest BCUT2D eigenvalue weighted by atomic mass is 9.99. The largest absolute Gasteiger partial charge is 0.469 e. The first kappa shape index (κ1) is 20.1. The van der Waals surface area contributed by atoms with Gasteiger partial charge < -0.3 is 19.5 Å². The molecular weight excluding hydrogens is 382 g/mol. The molecule has 1 aliphatic rings. The highest BCUT2D eigenvalue weighted by molar-refractivity contribution is 6.30. The van der Waals surface area contributed by atoms with Crippen LogP contribution in [0.15, 0.2) is 33.8 Å². The number of benzene rings is 1. The van der Waals surface area contributed by atoms with Crippen molar-refractivity contribution in [2.45, 2.75) is 13.3 Å². The lowest BCUT2D eigenvalue weighted by molar-refractivity contribution is -0.145. The number of esters is 1. The zero-order chi connectivity index (χ0) is 20.1. The molecule has 0 radical (unpaired) electrons. The van der Waals surface area contributed by atoms with Gasteiger partial charge in [0.15, 0.2) is 5.96 Å². The fraction of sp³-hybridized carbons (Fsp3) is 0.474. The van der Waals surface area contributed by atoms with E-state index >= 15 is 0 Å². The quantitative estimate of drug-likeness (QED) is 0.463. The third-order valence-electron chi connectivity index (χ3n) is 4.82. The number of carbonyl (C=O) groups excluding carboxylic acids is 1. The van der Waals surface area contributed by atoms with Gasteiger partial charge in [0.05, 0.1) is 13.0 Å². The summed E-state index contributed by atoms with van der Waals surface area (Å²) in [5.74, 6) is 1.72. The van der Waals surface area contributed by atoms with E-state index < -0.39 is 0 Å². The molecule has 3 rings (SSSR count).